The molecule has 2 fully saturated rings. The highest BCUT2D eigenvalue weighted by atomic mass is 15.1. The zero-order valence-corrected chi connectivity index (χ0v) is 15.0. The Bertz CT molecular complexity index is 300. The molecule has 0 aromatic carbocycles. The minimum Gasteiger partial charge on any atom is -0.317 e. The van der Waals surface area contributed by atoms with Crippen LogP contribution in [0.25, 0.3) is 0 Å². The highest BCUT2D eigenvalue weighted by Crippen LogP contribution is 2.39. The van der Waals surface area contributed by atoms with E-state index in [1.807, 2.05) is 0 Å². The number of nitrogens with one attached hydrogen (secondary N) is 1. The van der Waals surface area contributed by atoms with Gasteiger partial charge >= 0.3 is 0 Å². The van der Waals surface area contributed by atoms with Crippen LogP contribution in [0.1, 0.15) is 72.1 Å². The molecular formula is C19H38N2. The van der Waals surface area contributed by atoms with Crippen molar-refractivity contribution in [2.75, 3.05) is 26.7 Å². The van der Waals surface area contributed by atoms with Gasteiger partial charge in [-0.15, -0.1) is 0 Å². The summed E-state index contributed by atoms with van der Waals surface area (Å²) in [7, 11) is 2.16. The second kappa shape index (κ2) is 7.97. The summed E-state index contributed by atoms with van der Waals surface area (Å²) in [4.78, 5) is 2.78. The van der Waals surface area contributed by atoms with Crippen molar-refractivity contribution >= 4 is 0 Å². The molecule has 1 aliphatic heterocycles. The van der Waals surface area contributed by atoms with Crippen LogP contribution < -0.4 is 5.32 Å². The second-order valence-corrected chi connectivity index (χ2v) is 8.45. The zero-order chi connectivity index (χ0) is 15.3. The van der Waals surface area contributed by atoms with Crippen LogP contribution in [0.15, 0.2) is 0 Å². The number of hydrogen-bond donors (Lipinski definition) is 1. The molecule has 0 bridgehead atoms. The molecule has 124 valence electrons. The smallest absolute Gasteiger partial charge is 0.0105 e. The molecule has 21 heavy (non-hydrogen) atoms. The number of rotatable bonds is 5. The Hall–Kier alpha value is -0.0800. The lowest BCUT2D eigenvalue weighted by atomic mass is 9.69. The van der Waals surface area contributed by atoms with Gasteiger partial charge in [-0.2, -0.15) is 0 Å². The highest BCUT2D eigenvalue weighted by molar-refractivity contribution is 4.90. The fraction of sp³-hybridized carbons (Fsp3) is 1.00. The van der Waals surface area contributed by atoms with Crippen LogP contribution >= 0.6 is 0 Å². The molecule has 2 nitrogen and oxygen atoms in total. The van der Waals surface area contributed by atoms with Crippen molar-refractivity contribution in [2.45, 2.75) is 78.2 Å². The Kier molecular flexibility index (Phi) is 6.55. The fourth-order valence-electron chi connectivity index (χ4n) is 4.74. The van der Waals surface area contributed by atoms with Crippen molar-refractivity contribution in [3.05, 3.63) is 0 Å². The van der Waals surface area contributed by atoms with Gasteiger partial charge in [0.1, 0.15) is 0 Å². The zero-order valence-electron chi connectivity index (χ0n) is 15.0. The first-order chi connectivity index (χ1) is 10.0. The summed E-state index contributed by atoms with van der Waals surface area (Å²) in [5.41, 5.74) is 0.550. The van der Waals surface area contributed by atoms with Crippen LogP contribution in [0.2, 0.25) is 0 Å². The Balaban J connectivity index is 1.86. The van der Waals surface area contributed by atoms with E-state index in [2.05, 4.69) is 38.0 Å². The van der Waals surface area contributed by atoms with Gasteiger partial charge in [0, 0.05) is 12.6 Å². The van der Waals surface area contributed by atoms with Crippen molar-refractivity contribution in [3.8, 4) is 0 Å². The highest BCUT2D eigenvalue weighted by Gasteiger charge is 2.35. The molecule has 0 aromatic rings. The monoisotopic (exact) mass is 294 g/mol. The standard InChI is InChI=1S/C19H38N2/c1-5-7-16-8-6-12-21(13-10-16)15-17-14-19(2,3)11-9-18(17)20-4/h16-18,20H,5-15H2,1-4H3. The third-order valence-corrected chi connectivity index (χ3v) is 6.02. The first-order valence-electron chi connectivity index (χ1n) is 9.43. The molecule has 0 aromatic heterocycles. The lowest BCUT2D eigenvalue weighted by Gasteiger charge is -2.42. The van der Waals surface area contributed by atoms with E-state index in [9.17, 15) is 0 Å². The van der Waals surface area contributed by atoms with E-state index in [0.717, 1.165) is 17.9 Å². The molecule has 0 amide bonds. The van der Waals surface area contributed by atoms with Gasteiger partial charge in [0.25, 0.3) is 0 Å². The molecule has 2 rings (SSSR count). The molecule has 1 N–H and O–H groups in total. The van der Waals surface area contributed by atoms with Crippen LogP contribution in [-0.2, 0) is 0 Å². The maximum absolute atomic E-state index is 3.60. The third-order valence-electron chi connectivity index (χ3n) is 6.02. The van der Waals surface area contributed by atoms with E-state index >= 15 is 0 Å². The number of nitrogens with zero attached hydrogens (tertiary/aromatic N) is 1. The van der Waals surface area contributed by atoms with E-state index in [4.69, 9.17) is 0 Å². The van der Waals surface area contributed by atoms with Crippen molar-refractivity contribution in [1.82, 2.24) is 10.2 Å². The maximum atomic E-state index is 3.60. The maximum Gasteiger partial charge on any atom is 0.0105 e. The number of likely N-dealkylation sites (tertiary alicyclic amines) is 1. The molecule has 0 spiro atoms. The van der Waals surface area contributed by atoms with Crippen molar-refractivity contribution < 1.29 is 0 Å². The van der Waals surface area contributed by atoms with Crippen molar-refractivity contribution in [3.63, 3.8) is 0 Å². The van der Waals surface area contributed by atoms with Crippen molar-refractivity contribution in [2.24, 2.45) is 17.3 Å². The van der Waals surface area contributed by atoms with Gasteiger partial charge in [-0.05, 0) is 75.9 Å². The molecule has 0 radical (unpaired) electrons. The summed E-state index contributed by atoms with van der Waals surface area (Å²) >= 11 is 0. The van der Waals surface area contributed by atoms with Crippen LogP contribution in [-0.4, -0.2) is 37.6 Å². The molecule has 1 saturated heterocycles. The quantitative estimate of drug-likeness (QED) is 0.813. The lowest BCUT2D eigenvalue weighted by Crippen LogP contribution is -2.46. The Labute approximate surface area is 133 Å². The van der Waals surface area contributed by atoms with E-state index in [1.54, 1.807) is 0 Å². The van der Waals surface area contributed by atoms with Gasteiger partial charge in [-0.1, -0.05) is 33.6 Å². The second-order valence-electron chi connectivity index (χ2n) is 8.45. The average molecular weight is 295 g/mol. The molecule has 2 aliphatic rings. The topological polar surface area (TPSA) is 15.3 Å². The van der Waals surface area contributed by atoms with Gasteiger partial charge in [-0.25, -0.2) is 0 Å². The largest absolute Gasteiger partial charge is 0.317 e. The summed E-state index contributed by atoms with van der Waals surface area (Å²) in [6, 6.07) is 0.743. The summed E-state index contributed by atoms with van der Waals surface area (Å²) in [6.45, 7) is 11.3. The van der Waals surface area contributed by atoms with Gasteiger partial charge < -0.3 is 10.2 Å². The van der Waals surface area contributed by atoms with Gasteiger partial charge in [0.15, 0.2) is 0 Å². The lowest BCUT2D eigenvalue weighted by molar-refractivity contribution is 0.104. The van der Waals surface area contributed by atoms with Crippen LogP contribution in [0, 0.1) is 17.3 Å². The van der Waals surface area contributed by atoms with E-state index < -0.39 is 0 Å². The summed E-state index contributed by atoms with van der Waals surface area (Å²) in [6.07, 6.45) is 11.3. The fourth-order valence-corrected chi connectivity index (χ4v) is 4.74. The summed E-state index contributed by atoms with van der Waals surface area (Å²) < 4.78 is 0. The minimum atomic E-state index is 0.550. The predicted molar refractivity (Wildman–Crippen MR) is 92.7 cm³/mol. The molecule has 1 aliphatic carbocycles. The molecule has 3 atom stereocenters. The normalized spacial score (nSPS) is 34.6. The van der Waals surface area contributed by atoms with Gasteiger partial charge in [0.05, 0.1) is 0 Å². The first kappa shape index (κ1) is 17.3. The van der Waals surface area contributed by atoms with Crippen molar-refractivity contribution in [1.29, 1.82) is 0 Å². The third kappa shape index (κ3) is 5.25. The van der Waals surface area contributed by atoms with Crippen LogP contribution in [0.4, 0.5) is 0 Å². The van der Waals surface area contributed by atoms with E-state index in [0.29, 0.717) is 5.41 Å². The van der Waals surface area contributed by atoms with E-state index in [-0.39, 0.29) is 0 Å². The molecule has 1 saturated carbocycles. The van der Waals surface area contributed by atoms with E-state index in [1.165, 1.54) is 71.0 Å². The summed E-state index contributed by atoms with van der Waals surface area (Å²) in [5, 5.41) is 3.60. The molecule has 2 heteroatoms. The predicted octanol–water partition coefficient (Wildman–Crippen LogP) is 4.30. The molecular weight excluding hydrogens is 256 g/mol. The summed E-state index contributed by atoms with van der Waals surface area (Å²) in [5.74, 6) is 1.85. The van der Waals surface area contributed by atoms with Crippen LogP contribution in [0.5, 0.6) is 0 Å². The Morgan fingerprint density at radius 1 is 1.14 bits per heavy atom. The minimum absolute atomic E-state index is 0.550. The van der Waals surface area contributed by atoms with Gasteiger partial charge in [0.2, 0.25) is 0 Å². The Morgan fingerprint density at radius 3 is 2.67 bits per heavy atom. The average Bonchev–Trinajstić information content (AvgIpc) is 2.64. The molecule has 1 heterocycles. The first-order valence-corrected chi connectivity index (χ1v) is 9.43. The molecule has 3 unspecified atom stereocenters. The SMILES string of the molecule is CCCC1CCCN(CC2CC(C)(C)CCC2NC)CC1. The van der Waals surface area contributed by atoms with Crippen LogP contribution in [0.3, 0.4) is 0 Å². The van der Waals surface area contributed by atoms with Gasteiger partial charge in [-0.3, -0.25) is 0 Å². The Morgan fingerprint density at radius 2 is 1.95 bits per heavy atom. The number of hydrogen-bond acceptors (Lipinski definition) is 2.